The lowest BCUT2D eigenvalue weighted by Crippen LogP contribution is -2.26. The minimum Gasteiger partial charge on any atom is -0.435 e. The molecule has 2 rings (SSSR count). The van der Waals surface area contributed by atoms with Crippen LogP contribution in [0.5, 0.6) is 5.75 Å². The van der Waals surface area contributed by atoms with E-state index < -0.39 is 16.4 Å². The summed E-state index contributed by atoms with van der Waals surface area (Å²) in [6, 6.07) is 6.20. The van der Waals surface area contributed by atoms with Crippen molar-refractivity contribution < 1.29 is 21.9 Å². The van der Waals surface area contributed by atoms with Gasteiger partial charge in [-0.1, -0.05) is 12.1 Å². The largest absolute Gasteiger partial charge is 0.435 e. The molecule has 0 amide bonds. The molecule has 112 valence electrons. The quantitative estimate of drug-likeness (QED) is 0.904. The van der Waals surface area contributed by atoms with Crippen LogP contribution in [0.3, 0.4) is 0 Å². The van der Waals surface area contributed by atoms with Gasteiger partial charge in [-0.3, -0.25) is 0 Å². The summed E-state index contributed by atoms with van der Waals surface area (Å²) in [5.74, 6) is 0.473. The number of hydrogen-bond donors (Lipinski definition) is 1. The summed E-state index contributed by atoms with van der Waals surface area (Å²) in [6.07, 6.45) is 0.614. The van der Waals surface area contributed by atoms with Crippen LogP contribution in [-0.2, 0) is 9.84 Å². The van der Waals surface area contributed by atoms with Gasteiger partial charge in [0.15, 0.2) is 9.84 Å². The van der Waals surface area contributed by atoms with Gasteiger partial charge in [0.1, 0.15) is 5.75 Å². The molecule has 0 radical (unpaired) electrons. The van der Waals surface area contributed by atoms with E-state index in [9.17, 15) is 17.2 Å². The number of hydrogen-bond acceptors (Lipinski definition) is 4. The van der Waals surface area contributed by atoms with Gasteiger partial charge in [-0.15, -0.1) is 0 Å². The number of nitrogens with one attached hydrogen (secondary N) is 1. The van der Waals surface area contributed by atoms with Crippen LogP contribution in [0.4, 0.5) is 8.78 Å². The number of rotatable bonds is 5. The summed E-state index contributed by atoms with van der Waals surface area (Å²) in [7, 11) is -1.18. The Labute approximate surface area is 117 Å². The smallest absolute Gasteiger partial charge is 0.387 e. The summed E-state index contributed by atoms with van der Waals surface area (Å²) in [6.45, 7) is -2.85. The maximum Gasteiger partial charge on any atom is 0.387 e. The lowest BCUT2D eigenvalue weighted by molar-refractivity contribution is -0.0498. The van der Waals surface area contributed by atoms with Gasteiger partial charge in [0.2, 0.25) is 0 Å². The molecule has 1 N–H and O–H groups in total. The van der Waals surface area contributed by atoms with Gasteiger partial charge in [-0.25, -0.2) is 8.42 Å². The molecule has 2 unspecified atom stereocenters. The second-order valence-corrected chi connectivity index (χ2v) is 7.11. The molecular weight excluding hydrogens is 288 g/mol. The van der Waals surface area contributed by atoms with Crippen LogP contribution in [0.25, 0.3) is 0 Å². The van der Waals surface area contributed by atoms with Crippen LogP contribution in [0.15, 0.2) is 24.3 Å². The van der Waals surface area contributed by atoms with E-state index in [1.165, 1.54) is 12.1 Å². The highest BCUT2D eigenvalue weighted by Gasteiger charge is 2.33. The predicted octanol–water partition coefficient (Wildman–Crippen LogP) is 1.98. The van der Waals surface area contributed by atoms with Crippen molar-refractivity contribution >= 4 is 9.84 Å². The summed E-state index contributed by atoms with van der Waals surface area (Å²) >= 11 is 0. The first kappa shape index (κ1) is 15.2. The molecule has 1 fully saturated rings. The molecular formula is C13H17F2NO3S. The van der Waals surface area contributed by atoms with E-state index in [0.717, 1.165) is 5.56 Å². The average Bonchev–Trinajstić information content (AvgIpc) is 2.72. The molecule has 0 spiro atoms. The Hall–Kier alpha value is -1.21. The Morgan fingerprint density at radius 2 is 1.95 bits per heavy atom. The van der Waals surface area contributed by atoms with Gasteiger partial charge < -0.3 is 10.1 Å². The van der Waals surface area contributed by atoms with E-state index in [2.05, 4.69) is 10.1 Å². The van der Waals surface area contributed by atoms with Crippen LogP contribution in [-0.4, -0.2) is 33.6 Å². The second-order valence-electron chi connectivity index (χ2n) is 4.88. The number of halogens is 2. The normalized spacial score (nSPS) is 22.9. The SMILES string of the molecule is CNC(c1ccc(OC(F)F)cc1)C1CCS(=O)(=O)C1. The molecule has 0 aliphatic carbocycles. The number of benzene rings is 1. The van der Waals surface area contributed by atoms with Crippen molar-refractivity contribution in [3.05, 3.63) is 29.8 Å². The minimum absolute atomic E-state index is 0.00636. The van der Waals surface area contributed by atoms with Crippen molar-refractivity contribution in [1.29, 1.82) is 0 Å². The third-order valence-electron chi connectivity index (χ3n) is 3.51. The van der Waals surface area contributed by atoms with E-state index in [4.69, 9.17) is 0 Å². The molecule has 0 saturated carbocycles. The third kappa shape index (κ3) is 3.67. The van der Waals surface area contributed by atoms with Gasteiger partial charge in [0.25, 0.3) is 0 Å². The number of ether oxygens (including phenoxy) is 1. The van der Waals surface area contributed by atoms with Gasteiger partial charge in [-0.05, 0) is 37.1 Å². The van der Waals surface area contributed by atoms with Crippen molar-refractivity contribution in [2.75, 3.05) is 18.6 Å². The molecule has 4 nitrogen and oxygen atoms in total. The van der Waals surface area contributed by atoms with Crippen molar-refractivity contribution in [1.82, 2.24) is 5.32 Å². The lowest BCUT2D eigenvalue weighted by atomic mass is 9.92. The summed E-state index contributed by atoms with van der Waals surface area (Å²) in [4.78, 5) is 0. The molecule has 1 aromatic rings. The maximum atomic E-state index is 12.1. The first-order valence-corrected chi connectivity index (χ1v) is 8.16. The van der Waals surface area contributed by atoms with E-state index in [1.54, 1.807) is 19.2 Å². The zero-order valence-electron chi connectivity index (χ0n) is 11.1. The van der Waals surface area contributed by atoms with Crippen LogP contribution < -0.4 is 10.1 Å². The first-order chi connectivity index (χ1) is 9.41. The van der Waals surface area contributed by atoms with Crippen molar-refractivity contribution in [2.45, 2.75) is 19.1 Å². The Kier molecular flexibility index (Phi) is 4.59. The topological polar surface area (TPSA) is 55.4 Å². The van der Waals surface area contributed by atoms with Crippen molar-refractivity contribution in [2.24, 2.45) is 5.92 Å². The molecule has 0 aromatic heterocycles. The molecule has 1 heterocycles. The van der Waals surface area contributed by atoms with Crippen LogP contribution in [0.2, 0.25) is 0 Å². The minimum atomic E-state index is -2.95. The fourth-order valence-corrected chi connectivity index (χ4v) is 4.46. The molecule has 1 aliphatic heterocycles. The van der Waals surface area contributed by atoms with Crippen LogP contribution >= 0.6 is 0 Å². The lowest BCUT2D eigenvalue weighted by Gasteiger charge is -2.22. The first-order valence-electron chi connectivity index (χ1n) is 6.34. The van der Waals surface area contributed by atoms with Crippen LogP contribution in [0.1, 0.15) is 18.0 Å². The van der Waals surface area contributed by atoms with E-state index in [0.29, 0.717) is 6.42 Å². The Bertz CT molecular complexity index is 545. The van der Waals surface area contributed by atoms with Gasteiger partial charge >= 0.3 is 6.61 Å². The summed E-state index contributed by atoms with van der Waals surface area (Å²) < 4.78 is 51.5. The van der Waals surface area contributed by atoms with Gasteiger partial charge in [0, 0.05) is 6.04 Å². The zero-order chi connectivity index (χ0) is 14.8. The Morgan fingerprint density at radius 1 is 1.30 bits per heavy atom. The molecule has 1 aromatic carbocycles. The fourth-order valence-electron chi connectivity index (χ4n) is 2.62. The molecule has 20 heavy (non-hydrogen) atoms. The molecule has 2 atom stereocenters. The Morgan fingerprint density at radius 3 is 2.40 bits per heavy atom. The predicted molar refractivity (Wildman–Crippen MR) is 71.6 cm³/mol. The maximum absolute atomic E-state index is 12.1. The summed E-state index contributed by atoms with van der Waals surface area (Å²) in [5.41, 5.74) is 0.871. The highest BCUT2D eigenvalue weighted by atomic mass is 32.2. The molecule has 1 aliphatic rings. The zero-order valence-corrected chi connectivity index (χ0v) is 11.9. The number of alkyl halides is 2. The molecule has 0 bridgehead atoms. The highest BCUT2D eigenvalue weighted by molar-refractivity contribution is 7.91. The Balaban J connectivity index is 2.12. The summed E-state index contributed by atoms with van der Waals surface area (Å²) in [5, 5.41) is 3.10. The van der Waals surface area contributed by atoms with Crippen molar-refractivity contribution in [3.8, 4) is 5.75 Å². The van der Waals surface area contributed by atoms with Crippen molar-refractivity contribution in [3.63, 3.8) is 0 Å². The molecule has 1 saturated heterocycles. The fraction of sp³-hybridized carbons (Fsp3) is 0.538. The standard InChI is InChI=1S/C13H17F2NO3S/c1-16-12(10-6-7-20(17,18)8-10)9-2-4-11(5-3-9)19-13(14)15/h2-5,10,12-13,16H,6-8H2,1H3. The van der Waals surface area contributed by atoms with E-state index in [1.807, 2.05) is 0 Å². The monoisotopic (exact) mass is 305 g/mol. The van der Waals surface area contributed by atoms with E-state index >= 15 is 0 Å². The average molecular weight is 305 g/mol. The second kappa shape index (κ2) is 6.05. The molecule has 7 heteroatoms. The van der Waals surface area contributed by atoms with Crippen LogP contribution in [0, 0.1) is 5.92 Å². The third-order valence-corrected chi connectivity index (χ3v) is 5.31. The highest BCUT2D eigenvalue weighted by Crippen LogP contribution is 2.32. The van der Waals surface area contributed by atoms with Gasteiger partial charge in [-0.2, -0.15) is 8.78 Å². The van der Waals surface area contributed by atoms with Gasteiger partial charge in [0.05, 0.1) is 11.5 Å². The number of sulfone groups is 1. The van der Waals surface area contributed by atoms with E-state index in [-0.39, 0.29) is 29.2 Å².